The summed E-state index contributed by atoms with van der Waals surface area (Å²) in [4.78, 5) is 21.6. The molecule has 0 aliphatic carbocycles. The summed E-state index contributed by atoms with van der Waals surface area (Å²) in [6.07, 6.45) is 4.54. The molecule has 20 heavy (non-hydrogen) atoms. The molecule has 1 amide bonds. The van der Waals surface area contributed by atoms with Gasteiger partial charge < -0.3 is 10.5 Å². The largest absolute Gasteiger partial charge is 0.443 e. The maximum atomic E-state index is 11.7. The van der Waals surface area contributed by atoms with E-state index >= 15 is 0 Å². The molecule has 1 saturated heterocycles. The predicted octanol–water partition coefficient (Wildman–Crippen LogP) is 1.43. The van der Waals surface area contributed by atoms with Crippen molar-refractivity contribution in [3.8, 4) is 11.1 Å². The van der Waals surface area contributed by atoms with Gasteiger partial charge in [0.15, 0.2) is 0 Å². The second-order valence-corrected chi connectivity index (χ2v) is 4.50. The summed E-state index contributed by atoms with van der Waals surface area (Å²) in [7, 11) is 0. The zero-order chi connectivity index (χ0) is 13.9. The number of carbonyl (C=O) groups is 1. The summed E-state index contributed by atoms with van der Waals surface area (Å²) in [5.41, 5.74) is 7.44. The second kappa shape index (κ2) is 5.26. The number of carbonyl (C=O) groups excluding carboxylic acids is 1. The van der Waals surface area contributed by atoms with Crippen LogP contribution in [0.5, 0.6) is 0 Å². The highest BCUT2D eigenvalue weighted by molar-refractivity contribution is 5.88. The summed E-state index contributed by atoms with van der Waals surface area (Å²) in [5.74, 6) is 0.568. The van der Waals surface area contributed by atoms with Crippen molar-refractivity contribution in [2.24, 2.45) is 5.73 Å². The summed E-state index contributed by atoms with van der Waals surface area (Å²) in [5, 5.41) is 0. The van der Waals surface area contributed by atoms with Crippen LogP contribution in [0.15, 0.2) is 42.9 Å². The van der Waals surface area contributed by atoms with Crippen molar-refractivity contribution >= 4 is 11.9 Å². The Labute approximate surface area is 116 Å². The van der Waals surface area contributed by atoms with Crippen LogP contribution in [-0.4, -0.2) is 35.3 Å². The van der Waals surface area contributed by atoms with E-state index < -0.39 is 6.09 Å². The van der Waals surface area contributed by atoms with Crippen LogP contribution in [0.3, 0.4) is 0 Å². The van der Waals surface area contributed by atoms with Crippen LogP contribution < -0.4 is 10.6 Å². The lowest BCUT2D eigenvalue weighted by Crippen LogP contribution is -2.27. The molecule has 1 fully saturated rings. The van der Waals surface area contributed by atoms with E-state index in [1.165, 1.54) is 4.90 Å². The predicted molar refractivity (Wildman–Crippen MR) is 74.1 cm³/mol. The van der Waals surface area contributed by atoms with Crippen LogP contribution >= 0.6 is 0 Å². The number of pyridine rings is 2. The third-order valence-corrected chi connectivity index (χ3v) is 3.16. The molecule has 0 saturated carbocycles. The van der Waals surface area contributed by atoms with Gasteiger partial charge in [-0.2, -0.15) is 0 Å². The molecule has 2 aromatic rings. The molecule has 2 N–H and O–H groups in total. The van der Waals surface area contributed by atoms with Gasteiger partial charge in [-0.1, -0.05) is 6.07 Å². The highest BCUT2D eigenvalue weighted by Gasteiger charge is 2.32. The lowest BCUT2D eigenvalue weighted by molar-refractivity contribution is 0.145. The highest BCUT2D eigenvalue weighted by atomic mass is 16.6. The van der Waals surface area contributed by atoms with Crippen molar-refractivity contribution in [2.45, 2.75) is 6.10 Å². The Morgan fingerprint density at radius 2 is 2.15 bits per heavy atom. The first-order valence-electron chi connectivity index (χ1n) is 6.32. The van der Waals surface area contributed by atoms with Crippen molar-refractivity contribution in [3.63, 3.8) is 0 Å². The Bertz CT molecular complexity index is 600. The van der Waals surface area contributed by atoms with Crippen molar-refractivity contribution in [1.29, 1.82) is 0 Å². The van der Waals surface area contributed by atoms with E-state index in [1.807, 2.05) is 18.2 Å². The Hall–Kier alpha value is -2.47. The summed E-state index contributed by atoms with van der Waals surface area (Å²) in [6, 6.07) is 7.52. The van der Waals surface area contributed by atoms with Gasteiger partial charge in [0.25, 0.3) is 0 Å². The van der Waals surface area contributed by atoms with Crippen molar-refractivity contribution in [2.75, 3.05) is 18.0 Å². The molecule has 0 spiro atoms. The second-order valence-electron chi connectivity index (χ2n) is 4.50. The smallest absolute Gasteiger partial charge is 0.415 e. The first kappa shape index (κ1) is 12.6. The normalized spacial score (nSPS) is 18.1. The summed E-state index contributed by atoms with van der Waals surface area (Å²) < 4.78 is 5.10. The zero-order valence-corrected chi connectivity index (χ0v) is 10.8. The number of nitrogens with zero attached hydrogens (tertiary/aromatic N) is 3. The lowest BCUT2D eigenvalue weighted by atomic mass is 10.1. The number of rotatable bonds is 3. The van der Waals surface area contributed by atoms with Gasteiger partial charge in [-0.15, -0.1) is 0 Å². The monoisotopic (exact) mass is 270 g/mol. The molecular weight excluding hydrogens is 256 g/mol. The summed E-state index contributed by atoms with van der Waals surface area (Å²) >= 11 is 0. The van der Waals surface area contributed by atoms with Crippen molar-refractivity contribution in [3.05, 3.63) is 42.9 Å². The minimum absolute atomic E-state index is 0.262. The Morgan fingerprint density at radius 1 is 1.30 bits per heavy atom. The van der Waals surface area contributed by atoms with E-state index in [1.54, 1.807) is 24.7 Å². The molecule has 0 radical (unpaired) electrons. The van der Waals surface area contributed by atoms with E-state index in [4.69, 9.17) is 10.5 Å². The van der Waals surface area contributed by atoms with Crippen LogP contribution in [0.2, 0.25) is 0 Å². The molecule has 2 aromatic heterocycles. The van der Waals surface area contributed by atoms with Crippen LogP contribution in [0.1, 0.15) is 0 Å². The van der Waals surface area contributed by atoms with Crippen LogP contribution in [0.25, 0.3) is 11.1 Å². The standard InChI is InChI=1S/C14H14N4O2/c15-6-12-9-18(14(19)20-12)13-4-3-11(8-17-13)10-2-1-5-16-7-10/h1-5,7-8,12H,6,9,15H2. The Balaban J connectivity index is 1.82. The number of hydrogen-bond donors (Lipinski definition) is 1. The fourth-order valence-electron chi connectivity index (χ4n) is 2.08. The fraction of sp³-hybridized carbons (Fsp3) is 0.214. The van der Waals surface area contributed by atoms with Crippen molar-refractivity contribution in [1.82, 2.24) is 9.97 Å². The Morgan fingerprint density at radius 3 is 2.75 bits per heavy atom. The van der Waals surface area contributed by atoms with Gasteiger partial charge in [0.05, 0.1) is 6.54 Å². The molecular formula is C14H14N4O2. The number of hydrogen-bond acceptors (Lipinski definition) is 5. The van der Waals surface area contributed by atoms with Crippen molar-refractivity contribution < 1.29 is 9.53 Å². The lowest BCUT2D eigenvalue weighted by Gasteiger charge is -2.12. The number of amides is 1. The molecule has 1 aliphatic rings. The van der Waals surface area contributed by atoms with Gasteiger partial charge in [-0.25, -0.2) is 9.78 Å². The molecule has 0 bridgehead atoms. The van der Waals surface area contributed by atoms with E-state index in [9.17, 15) is 4.79 Å². The fourth-order valence-corrected chi connectivity index (χ4v) is 2.08. The maximum Gasteiger partial charge on any atom is 0.415 e. The zero-order valence-electron chi connectivity index (χ0n) is 10.8. The van der Waals surface area contributed by atoms with Gasteiger partial charge in [0.1, 0.15) is 11.9 Å². The van der Waals surface area contributed by atoms with Gasteiger partial charge in [0.2, 0.25) is 0 Å². The third-order valence-electron chi connectivity index (χ3n) is 3.16. The number of nitrogens with two attached hydrogens (primary N) is 1. The first-order chi connectivity index (χ1) is 9.78. The minimum Gasteiger partial charge on any atom is -0.443 e. The third kappa shape index (κ3) is 2.33. The average molecular weight is 270 g/mol. The van der Waals surface area contributed by atoms with Crippen LogP contribution in [0, 0.1) is 0 Å². The van der Waals surface area contributed by atoms with E-state index in [-0.39, 0.29) is 6.10 Å². The van der Waals surface area contributed by atoms with Gasteiger partial charge in [-0.3, -0.25) is 9.88 Å². The topological polar surface area (TPSA) is 81.3 Å². The molecule has 6 nitrogen and oxygen atoms in total. The number of aromatic nitrogens is 2. The number of anilines is 1. The molecule has 1 aliphatic heterocycles. The molecule has 102 valence electrons. The van der Waals surface area contributed by atoms with Gasteiger partial charge in [-0.05, 0) is 18.2 Å². The molecule has 1 atom stereocenters. The van der Waals surface area contributed by atoms with Crippen LogP contribution in [-0.2, 0) is 4.74 Å². The minimum atomic E-state index is -0.401. The van der Waals surface area contributed by atoms with Gasteiger partial charge >= 0.3 is 6.09 Å². The van der Waals surface area contributed by atoms with Crippen LogP contribution in [0.4, 0.5) is 10.6 Å². The highest BCUT2D eigenvalue weighted by Crippen LogP contribution is 2.23. The van der Waals surface area contributed by atoms with E-state index in [2.05, 4.69) is 9.97 Å². The molecule has 6 heteroatoms. The number of ether oxygens (including phenoxy) is 1. The van der Waals surface area contributed by atoms with E-state index in [0.717, 1.165) is 11.1 Å². The first-order valence-corrected chi connectivity index (χ1v) is 6.32. The van der Waals surface area contributed by atoms with Gasteiger partial charge in [0, 0.05) is 36.3 Å². The quantitative estimate of drug-likeness (QED) is 0.912. The number of cyclic esters (lactones) is 1. The van der Waals surface area contributed by atoms with E-state index in [0.29, 0.717) is 18.9 Å². The SMILES string of the molecule is NCC1CN(c2ccc(-c3cccnc3)cn2)C(=O)O1. The average Bonchev–Trinajstić information content (AvgIpc) is 2.89. The summed E-state index contributed by atoms with van der Waals surface area (Å²) in [6.45, 7) is 0.755. The molecule has 0 aromatic carbocycles. The molecule has 1 unspecified atom stereocenters. The molecule has 3 heterocycles. The maximum absolute atomic E-state index is 11.7. The molecule has 3 rings (SSSR count). The Kier molecular flexibility index (Phi) is 3.30.